The Bertz CT molecular complexity index is 838. The number of hydrogen-bond acceptors (Lipinski definition) is 4. The molecular weight excluding hydrogens is 315 g/mol. The Hall–Kier alpha value is -2.54. The van der Waals surface area contributed by atoms with Crippen LogP contribution in [0.1, 0.15) is 11.4 Å². The number of benzene rings is 1. The van der Waals surface area contributed by atoms with Crippen molar-refractivity contribution >= 4 is 22.2 Å². The van der Waals surface area contributed by atoms with E-state index in [9.17, 15) is 9.18 Å². The van der Waals surface area contributed by atoms with Crippen LogP contribution in [0.15, 0.2) is 35.8 Å². The molecule has 0 spiro atoms. The van der Waals surface area contributed by atoms with Crippen molar-refractivity contribution in [2.24, 2.45) is 0 Å². The molecule has 0 bridgehead atoms. The van der Waals surface area contributed by atoms with Gasteiger partial charge in [0.1, 0.15) is 23.1 Å². The number of halogens is 1. The number of carbonyl (C=O) groups excluding carboxylic acids is 1. The zero-order chi connectivity index (χ0) is 16.4. The molecule has 0 saturated heterocycles. The third kappa shape index (κ3) is 3.45. The first-order valence-corrected chi connectivity index (χ1v) is 7.91. The maximum Gasteiger partial charge on any atom is 0.246 e. The minimum atomic E-state index is -0.306. The second-order valence-corrected chi connectivity index (χ2v) is 6.02. The van der Waals surface area contributed by atoms with E-state index in [0.29, 0.717) is 10.7 Å². The van der Waals surface area contributed by atoms with Gasteiger partial charge in [-0.15, -0.1) is 11.3 Å². The van der Waals surface area contributed by atoms with Crippen LogP contribution >= 0.6 is 11.3 Å². The van der Waals surface area contributed by atoms with Crippen LogP contribution < -0.4 is 5.32 Å². The molecule has 118 valence electrons. The summed E-state index contributed by atoms with van der Waals surface area (Å²) in [6.07, 6.45) is 0. The number of amides is 1. The van der Waals surface area contributed by atoms with Gasteiger partial charge in [0.05, 0.1) is 11.2 Å². The van der Waals surface area contributed by atoms with E-state index in [1.54, 1.807) is 22.3 Å². The Morgan fingerprint density at radius 2 is 2.04 bits per heavy atom. The molecule has 3 rings (SSSR count). The lowest BCUT2D eigenvalue weighted by Gasteiger charge is -2.07. The van der Waals surface area contributed by atoms with E-state index in [4.69, 9.17) is 0 Å². The molecule has 7 heteroatoms. The van der Waals surface area contributed by atoms with Gasteiger partial charge in [-0.1, -0.05) is 0 Å². The number of anilines is 1. The first kappa shape index (κ1) is 15.4. The van der Waals surface area contributed by atoms with Crippen LogP contribution in [0, 0.1) is 19.7 Å². The van der Waals surface area contributed by atoms with Crippen molar-refractivity contribution in [1.82, 2.24) is 14.8 Å². The Kier molecular flexibility index (Phi) is 4.20. The Morgan fingerprint density at radius 1 is 1.30 bits per heavy atom. The molecule has 0 aliphatic rings. The fraction of sp³-hybridized carbons (Fsp3) is 0.188. The molecule has 1 amide bonds. The molecule has 3 aromatic rings. The highest BCUT2D eigenvalue weighted by molar-refractivity contribution is 7.14. The number of thiazole rings is 1. The average molecular weight is 330 g/mol. The molecule has 5 nitrogen and oxygen atoms in total. The number of nitrogens with zero attached hydrogens (tertiary/aromatic N) is 3. The fourth-order valence-corrected chi connectivity index (χ4v) is 3.00. The van der Waals surface area contributed by atoms with Crippen LogP contribution in [0.25, 0.3) is 11.3 Å². The second kappa shape index (κ2) is 6.29. The standard InChI is InChI=1S/C16H15FN4OS/c1-10-7-11(2)21(20-10)8-14(22)19-16-15(18-9-23-16)12-3-5-13(17)6-4-12/h3-7,9H,8H2,1-2H3,(H,19,22). The van der Waals surface area contributed by atoms with Gasteiger partial charge < -0.3 is 5.32 Å². The van der Waals surface area contributed by atoms with E-state index in [2.05, 4.69) is 15.4 Å². The number of carbonyl (C=O) groups is 1. The molecule has 2 heterocycles. The van der Waals surface area contributed by atoms with Crippen molar-refractivity contribution in [2.45, 2.75) is 20.4 Å². The van der Waals surface area contributed by atoms with Gasteiger partial charge in [-0.25, -0.2) is 9.37 Å². The van der Waals surface area contributed by atoms with Crippen LogP contribution in [-0.4, -0.2) is 20.7 Å². The van der Waals surface area contributed by atoms with Crippen molar-refractivity contribution < 1.29 is 9.18 Å². The van der Waals surface area contributed by atoms with Gasteiger partial charge in [0.25, 0.3) is 0 Å². The molecule has 0 saturated carbocycles. The summed E-state index contributed by atoms with van der Waals surface area (Å²) >= 11 is 1.33. The normalized spacial score (nSPS) is 10.7. The van der Waals surface area contributed by atoms with Crippen molar-refractivity contribution in [1.29, 1.82) is 0 Å². The van der Waals surface area contributed by atoms with E-state index < -0.39 is 0 Å². The maximum absolute atomic E-state index is 13.0. The van der Waals surface area contributed by atoms with Crippen LogP contribution in [0.5, 0.6) is 0 Å². The first-order valence-electron chi connectivity index (χ1n) is 7.03. The van der Waals surface area contributed by atoms with Gasteiger partial charge in [0.15, 0.2) is 0 Å². The summed E-state index contributed by atoms with van der Waals surface area (Å²) in [5, 5.41) is 7.76. The SMILES string of the molecule is Cc1cc(C)n(CC(=O)Nc2scnc2-c2ccc(F)cc2)n1. The van der Waals surface area contributed by atoms with Gasteiger partial charge in [-0.3, -0.25) is 9.48 Å². The highest BCUT2D eigenvalue weighted by Crippen LogP contribution is 2.30. The number of aryl methyl sites for hydroxylation is 2. The largest absolute Gasteiger partial charge is 0.314 e. The lowest BCUT2D eigenvalue weighted by Crippen LogP contribution is -2.20. The molecule has 2 aromatic heterocycles. The highest BCUT2D eigenvalue weighted by Gasteiger charge is 2.13. The summed E-state index contributed by atoms with van der Waals surface area (Å²) < 4.78 is 14.7. The molecule has 0 aliphatic heterocycles. The van der Waals surface area contributed by atoms with Gasteiger partial charge in [0, 0.05) is 11.3 Å². The van der Waals surface area contributed by atoms with Gasteiger partial charge in [-0.2, -0.15) is 5.10 Å². The zero-order valence-corrected chi connectivity index (χ0v) is 13.5. The van der Waals surface area contributed by atoms with Gasteiger partial charge in [0.2, 0.25) is 5.91 Å². The minimum Gasteiger partial charge on any atom is -0.314 e. The minimum absolute atomic E-state index is 0.139. The quantitative estimate of drug-likeness (QED) is 0.797. The van der Waals surface area contributed by atoms with Crippen LogP contribution in [0.3, 0.4) is 0 Å². The van der Waals surface area contributed by atoms with E-state index in [0.717, 1.165) is 17.0 Å². The third-order valence-electron chi connectivity index (χ3n) is 3.33. The monoisotopic (exact) mass is 330 g/mol. The molecule has 0 fully saturated rings. The molecule has 0 atom stereocenters. The lowest BCUT2D eigenvalue weighted by molar-refractivity contribution is -0.116. The summed E-state index contributed by atoms with van der Waals surface area (Å²) in [4.78, 5) is 16.5. The van der Waals surface area contributed by atoms with E-state index in [1.807, 2.05) is 19.9 Å². The Morgan fingerprint density at radius 3 is 2.70 bits per heavy atom. The van der Waals surface area contributed by atoms with E-state index >= 15 is 0 Å². The zero-order valence-electron chi connectivity index (χ0n) is 12.7. The van der Waals surface area contributed by atoms with Crippen molar-refractivity contribution in [3.05, 3.63) is 53.0 Å². The van der Waals surface area contributed by atoms with E-state index in [1.165, 1.54) is 23.5 Å². The predicted molar refractivity (Wildman–Crippen MR) is 87.8 cm³/mol. The molecule has 23 heavy (non-hydrogen) atoms. The molecule has 1 N–H and O–H groups in total. The second-order valence-electron chi connectivity index (χ2n) is 5.17. The first-order chi connectivity index (χ1) is 11.0. The van der Waals surface area contributed by atoms with Gasteiger partial charge >= 0.3 is 0 Å². The maximum atomic E-state index is 13.0. The smallest absolute Gasteiger partial charge is 0.246 e. The third-order valence-corrected chi connectivity index (χ3v) is 4.08. The topological polar surface area (TPSA) is 59.8 Å². The summed E-state index contributed by atoms with van der Waals surface area (Å²) in [5.41, 5.74) is 4.85. The lowest BCUT2D eigenvalue weighted by atomic mass is 10.1. The summed E-state index contributed by atoms with van der Waals surface area (Å²) in [6, 6.07) is 7.94. The van der Waals surface area contributed by atoms with Crippen molar-refractivity contribution in [3.8, 4) is 11.3 Å². The van der Waals surface area contributed by atoms with E-state index in [-0.39, 0.29) is 18.3 Å². The summed E-state index contributed by atoms with van der Waals surface area (Å²) in [6.45, 7) is 3.93. The fourth-order valence-electron chi connectivity index (χ4n) is 2.29. The average Bonchev–Trinajstić information content (AvgIpc) is 3.07. The molecular formula is C16H15FN4OS. The van der Waals surface area contributed by atoms with Gasteiger partial charge in [-0.05, 0) is 44.2 Å². The molecule has 1 aromatic carbocycles. The molecule has 0 aliphatic carbocycles. The Labute approximate surface area is 136 Å². The summed E-state index contributed by atoms with van der Waals surface area (Å²) in [7, 11) is 0. The number of nitrogens with one attached hydrogen (secondary N) is 1. The van der Waals surface area contributed by atoms with Crippen molar-refractivity contribution in [2.75, 3.05) is 5.32 Å². The predicted octanol–water partition coefficient (Wildman–Crippen LogP) is 3.40. The number of rotatable bonds is 4. The summed E-state index contributed by atoms with van der Waals surface area (Å²) in [5.74, 6) is -0.483. The van der Waals surface area contributed by atoms with Crippen molar-refractivity contribution in [3.63, 3.8) is 0 Å². The van der Waals surface area contributed by atoms with Crippen LogP contribution in [0.2, 0.25) is 0 Å². The van der Waals surface area contributed by atoms with Crippen LogP contribution in [0.4, 0.5) is 9.39 Å². The molecule has 0 unspecified atom stereocenters. The van der Waals surface area contributed by atoms with Crippen LogP contribution in [-0.2, 0) is 11.3 Å². The number of hydrogen-bond donors (Lipinski definition) is 1. The highest BCUT2D eigenvalue weighted by atomic mass is 32.1. The molecule has 0 radical (unpaired) electrons. The Balaban J connectivity index is 1.76. The number of aromatic nitrogens is 3.